The number of carbonyl (C=O) groups excluding carboxylic acids is 2. The molecule has 2 aromatic rings. The lowest BCUT2D eigenvalue weighted by molar-refractivity contribution is -0.134. The van der Waals surface area contributed by atoms with Gasteiger partial charge in [0.15, 0.2) is 0 Å². The number of amides is 3. The number of terminal acetylenes is 1. The summed E-state index contributed by atoms with van der Waals surface area (Å²) in [6, 6.07) is 6.46. The maximum atomic E-state index is 13.1. The number of likely N-dealkylation sites (tertiary alicyclic amines) is 2. The van der Waals surface area contributed by atoms with Crippen LogP contribution in [0.15, 0.2) is 33.3 Å². The Kier molecular flexibility index (Phi) is 9.54. The van der Waals surface area contributed by atoms with Crippen LogP contribution < -0.4 is 5.73 Å². The van der Waals surface area contributed by atoms with E-state index < -0.39 is 0 Å². The highest BCUT2D eigenvalue weighted by atomic mass is 79.9. The summed E-state index contributed by atoms with van der Waals surface area (Å²) in [5, 5.41) is 0. The van der Waals surface area contributed by atoms with E-state index in [4.69, 9.17) is 10.7 Å². The van der Waals surface area contributed by atoms with Crippen molar-refractivity contribution in [3.63, 3.8) is 0 Å². The molecule has 6 nitrogen and oxygen atoms in total. The molecule has 2 saturated heterocycles. The number of aryl methyl sites for hydroxylation is 3. The molecular formula is C30H36Br2N4O2. The molecule has 0 saturated carbocycles. The maximum Gasteiger partial charge on any atom is 0.314 e. The SMILES string of the molecule is C#C.Cc1cc(Br)c2c(c1)CCc1cc(Br)cnc1C2C1CCN(C(=O)CC2CCN(C(N)=O)CC2)CC1. The second-order valence-electron chi connectivity index (χ2n) is 10.7. The molecule has 0 radical (unpaired) electrons. The highest BCUT2D eigenvalue weighted by Gasteiger charge is 2.36. The van der Waals surface area contributed by atoms with Gasteiger partial charge in [-0.1, -0.05) is 22.0 Å². The van der Waals surface area contributed by atoms with E-state index in [1.165, 1.54) is 32.4 Å². The van der Waals surface area contributed by atoms with E-state index in [0.717, 1.165) is 56.1 Å². The highest BCUT2D eigenvalue weighted by Crippen LogP contribution is 2.45. The zero-order chi connectivity index (χ0) is 27.4. The number of carbonyl (C=O) groups is 2. The second-order valence-corrected chi connectivity index (χ2v) is 12.5. The number of aromatic nitrogens is 1. The molecule has 3 amide bonds. The van der Waals surface area contributed by atoms with E-state index in [1.54, 1.807) is 4.90 Å². The summed E-state index contributed by atoms with van der Waals surface area (Å²) >= 11 is 7.54. The molecule has 0 bridgehead atoms. The van der Waals surface area contributed by atoms with Crippen molar-refractivity contribution in [2.24, 2.45) is 17.6 Å². The van der Waals surface area contributed by atoms with Gasteiger partial charge >= 0.3 is 6.03 Å². The molecule has 1 aromatic heterocycles. The third-order valence-electron chi connectivity index (χ3n) is 8.35. The largest absolute Gasteiger partial charge is 0.351 e. The highest BCUT2D eigenvalue weighted by molar-refractivity contribution is 9.10. The maximum absolute atomic E-state index is 13.1. The van der Waals surface area contributed by atoms with E-state index in [2.05, 4.69) is 74.7 Å². The molecule has 2 aliphatic heterocycles. The molecule has 3 aliphatic rings. The lowest BCUT2D eigenvalue weighted by atomic mass is 9.76. The van der Waals surface area contributed by atoms with Crippen LogP contribution in [0.25, 0.3) is 0 Å². The van der Waals surface area contributed by atoms with E-state index in [9.17, 15) is 9.59 Å². The number of urea groups is 1. The van der Waals surface area contributed by atoms with Gasteiger partial charge in [-0.25, -0.2) is 4.79 Å². The molecular weight excluding hydrogens is 608 g/mol. The van der Waals surface area contributed by atoms with Crippen LogP contribution in [0.1, 0.15) is 66.0 Å². The second kappa shape index (κ2) is 12.7. The Hall–Kier alpha value is -2.37. The predicted octanol–water partition coefficient (Wildman–Crippen LogP) is 5.81. The molecule has 38 heavy (non-hydrogen) atoms. The van der Waals surface area contributed by atoms with Crippen LogP contribution in [-0.2, 0) is 17.6 Å². The number of rotatable bonds is 3. The Labute approximate surface area is 243 Å². The third kappa shape index (κ3) is 6.26. The molecule has 8 heteroatoms. The van der Waals surface area contributed by atoms with Crippen molar-refractivity contribution < 1.29 is 9.59 Å². The summed E-state index contributed by atoms with van der Waals surface area (Å²) in [6.07, 6.45) is 16.2. The van der Waals surface area contributed by atoms with E-state index >= 15 is 0 Å². The molecule has 3 heterocycles. The summed E-state index contributed by atoms with van der Waals surface area (Å²) in [5.74, 6) is 1.27. The van der Waals surface area contributed by atoms with Gasteiger partial charge in [0.05, 0.1) is 5.69 Å². The average Bonchev–Trinajstić information content (AvgIpc) is 3.07. The summed E-state index contributed by atoms with van der Waals surface area (Å²) in [4.78, 5) is 33.2. The van der Waals surface area contributed by atoms with Gasteiger partial charge in [-0.3, -0.25) is 9.78 Å². The minimum atomic E-state index is -0.354. The van der Waals surface area contributed by atoms with Gasteiger partial charge in [0.25, 0.3) is 0 Å². The van der Waals surface area contributed by atoms with Crippen LogP contribution in [-0.4, -0.2) is 52.9 Å². The fourth-order valence-electron chi connectivity index (χ4n) is 6.43. The first-order valence-electron chi connectivity index (χ1n) is 13.4. The summed E-state index contributed by atoms with van der Waals surface area (Å²) in [7, 11) is 0. The molecule has 1 unspecified atom stereocenters. The Morgan fingerprint density at radius 2 is 1.61 bits per heavy atom. The first kappa shape index (κ1) is 28.6. The van der Waals surface area contributed by atoms with Crippen molar-refractivity contribution in [1.29, 1.82) is 0 Å². The van der Waals surface area contributed by atoms with Gasteiger partial charge in [0.1, 0.15) is 0 Å². The zero-order valence-electron chi connectivity index (χ0n) is 22.0. The van der Waals surface area contributed by atoms with Crippen molar-refractivity contribution in [1.82, 2.24) is 14.8 Å². The minimum Gasteiger partial charge on any atom is -0.351 e. The van der Waals surface area contributed by atoms with Crippen LogP contribution in [0, 0.1) is 31.6 Å². The predicted molar refractivity (Wildman–Crippen MR) is 158 cm³/mol. The van der Waals surface area contributed by atoms with Gasteiger partial charge in [-0.05, 0) is 108 Å². The summed E-state index contributed by atoms with van der Waals surface area (Å²) in [5.41, 5.74) is 12.0. The van der Waals surface area contributed by atoms with E-state index in [-0.39, 0.29) is 17.9 Å². The van der Waals surface area contributed by atoms with Crippen molar-refractivity contribution in [3.05, 3.63) is 61.3 Å². The van der Waals surface area contributed by atoms with Crippen LogP contribution in [0.5, 0.6) is 0 Å². The molecule has 1 atom stereocenters. The topological polar surface area (TPSA) is 79.5 Å². The van der Waals surface area contributed by atoms with Crippen molar-refractivity contribution >= 4 is 43.8 Å². The Morgan fingerprint density at radius 3 is 2.26 bits per heavy atom. The number of primary amides is 1. The van der Waals surface area contributed by atoms with Gasteiger partial charge < -0.3 is 15.5 Å². The number of nitrogens with two attached hydrogens (primary N) is 1. The van der Waals surface area contributed by atoms with E-state index in [0.29, 0.717) is 31.3 Å². The lowest BCUT2D eigenvalue weighted by Crippen LogP contribution is -2.44. The third-order valence-corrected chi connectivity index (χ3v) is 9.44. The Bertz CT molecular complexity index is 1200. The van der Waals surface area contributed by atoms with E-state index in [1.807, 2.05) is 6.20 Å². The van der Waals surface area contributed by atoms with Gasteiger partial charge in [0, 0.05) is 53.7 Å². The van der Waals surface area contributed by atoms with Crippen molar-refractivity contribution in [2.45, 2.75) is 57.8 Å². The number of nitrogens with zero attached hydrogens (tertiary/aromatic N) is 3. The van der Waals surface area contributed by atoms with Crippen LogP contribution >= 0.6 is 31.9 Å². The smallest absolute Gasteiger partial charge is 0.314 e. The number of hydrogen-bond donors (Lipinski definition) is 1. The Balaban J connectivity index is 0.00000164. The minimum absolute atomic E-state index is 0.232. The van der Waals surface area contributed by atoms with Crippen molar-refractivity contribution in [2.75, 3.05) is 26.2 Å². The number of pyridine rings is 1. The van der Waals surface area contributed by atoms with Gasteiger partial charge in [0.2, 0.25) is 5.91 Å². The summed E-state index contributed by atoms with van der Waals surface area (Å²) in [6.45, 7) is 5.07. The molecule has 2 N–H and O–H groups in total. The molecule has 0 spiro atoms. The number of hydrogen-bond acceptors (Lipinski definition) is 3. The number of halogens is 2. The van der Waals surface area contributed by atoms with Gasteiger partial charge in [-0.15, -0.1) is 12.8 Å². The molecule has 1 aromatic carbocycles. The lowest BCUT2D eigenvalue weighted by Gasteiger charge is -2.38. The van der Waals surface area contributed by atoms with Gasteiger partial charge in [-0.2, -0.15) is 0 Å². The first-order chi connectivity index (χ1) is 18.3. The molecule has 1 aliphatic carbocycles. The monoisotopic (exact) mass is 642 g/mol. The van der Waals surface area contributed by atoms with Crippen molar-refractivity contribution in [3.8, 4) is 12.8 Å². The molecule has 202 valence electrons. The van der Waals surface area contributed by atoms with Crippen LogP contribution in [0.3, 0.4) is 0 Å². The van der Waals surface area contributed by atoms with Crippen LogP contribution in [0.2, 0.25) is 0 Å². The van der Waals surface area contributed by atoms with Crippen LogP contribution in [0.4, 0.5) is 4.79 Å². The quantitative estimate of drug-likeness (QED) is 0.429. The molecule has 5 rings (SSSR count). The average molecular weight is 644 g/mol. The standard InChI is InChI=1S/C28H34Br2N4O2.C2H2/c1-17-12-20-2-3-21-15-22(29)16-32-27(21)26(25(20)23(30)13-17)19-6-10-33(11-7-19)24(35)14-18-4-8-34(9-5-18)28(31)36;1-2/h12-13,15-16,18-19,26H,2-11,14H2,1H3,(H2,31,36);1-2H. The normalized spacial score (nSPS) is 20.0. The first-order valence-corrected chi connectivity index (χ1v) is 15.0. The number of piperidine rings is 2. The fraction of sp³-hybridized carbons (Fsp3) is 0.500. The fourth-order valence-corrected chi connectivity index (χ4v) is 7.67. The number of fused-ring (bicyclic) bond motifs is 2. The zero-order valence-corrected chi connectivity index (χ0v) is 25.1. The molecule has 2 fully saturated rings. The number of benzene rings is 1. The Morgan fingerprint density at radius 1 is 0.974 bits per heavy atom. The summed E-state index contributed by atoms with van der Waals surface area (Å²) < 4.78 is 2.21.